The SMILES string of the molecule is CCC(C)N(Cc1nc(C(=O)N2CCCC2)co1)Cc1ccc(OC)cc1OC. The van der Waals surface area contributed by atoms with Gasteiger partial charge in [0.05, 0.1) is 20.8 Å². The largest absolute Gasteiger partial charge is 0.497 e. The van der Waals surface area contributed by atoms with E-state index in [4.69, 9.17) is 13.9 Å². The van der Waals surface area contributed by atoms with Crippen LogP contribution in [0.1, 0.15) is 55.1 Å². The molecule has 2 aromatic rings. The van der Waals surface area contributed by atoms with Gasteiger partial charge in [-0.25, -0.2) is 4.98 Å². The molecule has 158 valence electrons. The van der Waals surface area contributed by atoms with Crippen molar-refractivity contribution in [2.45, 2.75) is 52.2 Å². The third-order valence-electron chi connectivity index (χ3n) is 5.58. The van der Waals surface area contributed by atoms with Gasteiger partial charge in [0.1, 0.15) is 17.8 Å². The lowest BCUT2D eigenvalue weighted by atomic mass is 10.1. The first kappa shape index (κ1) is 21.2. The minimum absolute atomic E-state index is 0.0376. The third kappa shape index (κ3) is 5.09. The van der Waals surface area contributed by atoms with Gasteiger partial charge in [0, 0.05) is 37.3 Å². The fourth-order valence-corrected chi connectivity index (χ4v) is 3.56. The van der Waals surface area contributed by atoms with E-state index in [0.29, 0.717) is 30.7 Å². The Balaban J connectivity index is 1.74. The van der Waals surface area contributed by atoms with Crippen molar-refractivity contribution in [2.75, 3.05) is 27.3 Å². The summed E-state index contributed by atoms with van der Waals surface area (Å²) in [6.45, 7) is 7.14. The summed E-state index contributed by atoms with van der Waals surface area (Å²) in [5.41, 5.74) is 1.46. The number of likely N-dealkylation sites (tertiary alicyclic amines) is 1. The number of methoxy groups -OCH3 is 2. The lowest BCUT2D eigenvalue weighted by Crippen LogP contribution is -2.32. The Labute approximate surface area is 172 Å². The van der Waals surface area contributed by atoms with Gasteiger partial charge in [0.25, 0.3) is 5.91 Å². The average Bonchev–Trinajstić information content (AvgIpc) is 3.44. The van der Waals surface area contributed by atoms with Gasteiger partial charge >= 0.3 is 0 Å². The van der Waals surface area contributed by atoms with Crippen molar-refractivity contribution in [1.29, 1.82) is 0 Å². The van der Waals surface area contributed by atoms with E-state index in [0.717, 1.165) is 49.4 Å². The van der Waals surface area contributed by atoms with Crippen LogP contribution in [0.25, 0.3) is 0 Å². The van der Waals surface area contributed by atoms with Crippen LogP contribution in [0.15, 0.2) is 28.9 Å². The molecule has 0 saturated carbocycles. The van der Waals surface area contributed by atoms with Crippen LogP contribution >= 0.6 is 0 Å². The Morgan fingerprint density at radius 1 is 1.24 bits per heavy atom. The molecular formula is C22H31N3O4. The van der Waals surface area contributed by atoms with Gasteiger partial charge < -0.3 is 18.8 Å². The number of hydrogen-bond donors (Lipinski definition) is 0. The normalized spacial score (nSPS) is 15.0. The molecule has 0 spiro atoms. The summed E-state index contributed by atoms with van der Waals surface area (Å²) in [6, 6.07) is 6.16. The number of carbonyl (C=O) groups excluding carboxylic acids is 1. The molecule has 7 nitrogen and oxygen atoms in total. The Bertz CT molecular complexity index is 814. The van der Waals surface area contributed by atoms with Gasteiger partial charge in [0.15, 0.2) is 5.69 Å². The maximum absolute atomic E-state index is 12.5. The van der Waals surface area contributed by atoms with E-state index in [9.17, 15) is 4.79 Å². The van der Waals surface area contributed by atoms with E-state index >= 15 is 0 Å². The molecule has 1 unspecified atom stereocenters. The number of oxazole rings is 1. The molecule has 29 heavy (non-hydrogen) atoms. The van der Waals surface area contributed by atoms with Gasteiger partial charge in [-0.2, -0.15) is 0 Å². The molecular weight excluding hydrogens is 370 g/mol. The minimum Gasteiger partial charge on any atom is -0.497 e. The Hall–Kier alpha value is -2.54. The highest BCUT2D eigenvalue weighted by atomic mass is 16.5. The smallest absolute Gasteiger partial charge is 0.275 e. The second-order valence-electron chi connectivity index (χ2n) is 7.47. The van der Waals surface area contributed by atoms with Gasteiger partial charge in [-0.15, -0.1) is 0 Å². The van der Waals surface area contributed by atoms with E-state index in [1.54, 1.807) is 14.2 Å². The molecule has 1 aromatic heterocycles. The summed E-state index contributed by atoms with van der Waals surface area (Å²) < 4.78 is 16.5. The zero-order chi connectivity index (χ0) is 20.8. The third-order valence-corrected chi connectivity index (χ3v) is 5.58. The molecule has 1 fully saturated rings. The van der Waals surface area contributed by atoms with Crippen molar-refractivity contribution < 1.29 is 18.7 Å². The van der Waals surface area contributed by atoms with Gasteiger partial charge in [0.2, 0.25) is 5.89 Å². The van der Waals surface area contributed by atoms with Crippen LogP contribution in [-0.4, -0.2) is 54.0 Å². The van der Waals surface area contributed by atoms with Crippen molar-refractivity contribution in [3.63, 3.8) is 0 Å². The molecule has 1 aliphatic rings. The summed E-state index contributed by atoms with van der Waals surface area (Å²) >= 11 is 0. The molecule has 0 bridgehead atoms. The number of amides is 1. The van der Waals surface area contributed by atoms with Gasteiger partial charge in [-0.05, 0) is 32.3 Å². The van der Waals surface area contributed by atoms with Crippen LogP contribution < -0.4 is 9.47 Å². The molecule has 1 atom stereocenters. The second kappa shape index (κ2) is 9.78. The van der Waals surface area contributed by atoms with Crippen LogP contribution in [-0.2, 0) is 13.1 Å². The van der Waals surface area contributed by atoms with Crippen molar-refractivity contribution in [3.05, 3.63) is 41.6 Å². The summed E-state index contributed by atoms with van der Waals surface area (Å²) in [6.07, 6.45) is 4.58. The highest BCUT2D eigenvalue weighted by molar-refractivity contribution is 5.92. The van der Waals surface area contributed by atoms with Crippen LogP contribution in [0.2, 0.25) is 0 Å². The maximum atomic E-state index is 12.5. The molecule has 1 aliphatic heterocycles. The number of rotatable bonds is 9. The van der Waals surface area contributed by atoms with Crippen LogP contribution in [0.5, 0.6) is 11.5 Å². The molecule has 3 rings (SSSR count). The second-order valence-corrected chi connectivity index (χ2v) is 7.47. The van der Waals surface area contributed by atoms with Crippen LogP contribution in [0.4, 0.5) is 0 Å². The molecule has 2 heterocycles. The highest BCUT2D eigenvalue weighted by Gasteiger charge is 2.24. The monoisotopic (exact) mass is 401 g/mol. The summed E-state index contributed by atoms with van der Waals surface area (Å²) in [4.78, 5) is 21.1. The molecule has 0 N–H and O–H groups in total. The quantitative estimate of drug-likeness (QED) is 0.638. The van der Waals surface area contributed by atoms with Crippen molar-refractivity contribution in [1.82, 2.24) is 14.8 Å². The van der Waals surface area contributed by atoms with E-state index in [-0.39, 0.29) is 5.91 Å². The first-order valence-electron chi connectivity index (χ1n) is 10.2. The number of hydrogen-bond acceptors (Lipinski definition) is 6. The fourth-order valence-electron chi connectivity index (χ4n) is 3.56. The predicted molar refractivity (Wildman–Crippen MR) is 110 cm³/mol. The fraction of sp³-hybridized carbons (Fsp3) is 0.545. The molecule has 0 radical (unpaired) electrons. The van der Waals surface area contributed by atoms with Crippen LogP contribution in [0.3, 0.4) is 0 Å². The molecule has 0 aliphatic carbocycles. The molecule has 7 heteroatoms. The van der Waals surface area contributed by atoms with Gasteiger partial charge in [-0.3, -0.25) is 9.69 Å². The van der Waals surface area contributed by atoms with Crippen molar-refractivity contribution in [3.8, 4) is 11.5 Å². The first-order chi connectivity index (χ1) is 14.0. The summed E-state index contributed by atoms with van der Waals surface area (Å²) in [5.74, 6) is 2.07. The molecule has 1 saturated heterocycles. The van der Waals surface area contributed by atoms with Crippen LogP contribution in [0, 0.1) is 0 Å². The number of ether oxygens (including phenoxy) is 2. The maximum Gasteiger partial charge on any atom is 0.275 e. The minimum atomic E-state index is -0.0376. The highest BCUT2D eigenvalue weighted by Crippen LogP contribution is 2.27. The number of benzene rings is 1. The lowest BCUT2D eigenvalue weighted by Gasteiger charge is -2.27. The number of aromatic nitrogens is 1. The Morgan fingerprint density at radius 3 is 2.66 bits per heavy atom. The first-order valence-corrected chi connectivity index (χ1v) is 10.2. The van der Waals surface area contributed by atoms with E-state index in [1.165, 1.54) is 6.26 Å². The number of carbonyl (C=O) groups is 1. The summed E-state index contributed by atoms with van der Waals surface area (Å²) in [7, 11) is 3.31. The number of nitrogens with zero attached hydrogens (tertiary/aromatic N) is 3. The van der Waals surface area contributed by atoms with Gasteiger partial charge in [-0.1, -0.05) is 13.0 Å². The zero-order valence-corrected chi connectivity index (χ0v) is 17.8. The molecule has 1 aromatic carbocycles. The zero-order valence-electron chi connectivity index (χ0n) is 17.8. The topological polar surface area (TPSA) is 68.0 Å². The standard InChI is InChI=1S/C22H31N3O4/c1-5-16(2)25(13-17-8-9-18(27-3)12-20(17)28-4)14-21-23-19(15-29-21)22(26)24-10-6-7-11-24/h8-9,12,15-16H,5-7,10-11,13-14H2,1-4H3. The van der Waals surface area contributed by atoms with Crippen molar-refractivity contribution in [2.24, 2.45) is 0 Å². The van der Waals surface area contributed by atoms with E-state index in [1.807, 2.05) is 23.1 Å². The average molecular weight is 402 g/mol. The Kier molecular flexibility index (Phi) is 7.14. The summed E-state index contributed by atoms with van der Waals surface area (Å²) in [5, 5.41) is 0. The Morgan fingerprint density at radius 2 is 2.00 bits per heavy atom. The van der Waals surface area contributed by atoms with Crippen molar-refractivity contribution >= 4 is 5.91 Å². The molecule has 1 amide bonds. The predicted octanol–water partition coefficient (Wildman–Crippen LogP) is 3.73. The lowest BCUT2D eigenvalue weighted by molar-refractivity contribution is 0.0787. The van der Waals surface area contributed by atoms with E-state index in [2.05, 4.69) is 23.7 Å². The van der Waals surface area contributed by atoms with E-state index < -0.39 is 0 Å².